The van der Waals surface area contributed by atoms with Crippen LogP contribution in [0.3, 0.4) is 0 Å². The molecule has 1 N–H and O–H groups in total. The molecule has 3 nitrogen and oxygen atoms in total. The molecular weight excluding hydrogens is 223 g/mol. The summed E-state index contributed by atoms with van der Waals surface area (Å²) in [6.07, 6.45) is 1.62. The summed E-state index contributed by atoms with van der Waals surface area (Å²) in [6.45, 7) is 2.46. The van der Waals surface area contributed by atoms with Gasteiger partial charge in [0.1, 0.15) is 11.6 Å². The highest BCUT2D eigenvalue weighted by Gasteiger charge is 2.05. The molecule has 0 radical (unpaired) electrons. The van der Waals surface area contributed by atoms with E-state index in [0.717, 1.165) is 6.42 Å². The zero-order chi connectivity index (χ0) is 12.7. The molecule has 0 aliphatic heterocycles. The average Bonchev–Trinajstić information content (AvgIpc) is 2.26. The number of rotatable bonds is 7. The van der Waals surface area contributed by atoms with Crippen LogP contribution in [0.5, 0.6) is 5.75 Å². The van der Waals surface area contributed by atoms with E-state index in [1.165, 1.54) is 12.1 Å². The number of benzene rings is 1. The van der Waals surface area contributed by atoms with Crippen LogP contribution in [0.4, 0.5) is 4.39 Å². The first-order valence-electron chi connectivity index (χ1n) is 5.68. The van der Waals surface area contributed by atoms with Crippen LogP contribution in [0.1, 0.15) is 26.2 Å². The fourth-order valence-electron chi connectivity index (χ4n) is 1.48. The lowest BCUT2D eigenvalue weighted by molar-refractivity contribution is -0.137. The van der Waals surface area contributed by atoms with Crippen molar-refractivity contribution in [3.8, 4) is 5.75 Å². The molecule has 1 atom stereocenters. The highest BCUT2D eigenvalue weighted by atomic mass is 19.1. The molecule has 1 unspecified atom stereocenters. The Morgan fingerprint density at radius 1 is 1.53 bits per heavy atom. The molecule has 0 aliphatic rings. The van der Waals surface area contributed by atoms with Crippen molar-refractivity contribution in [1.29, 1.82) is 0 Å². The summed E-state index contributed by atoms with van der Waals surface area (Å²) in [5.74, 6) is -0.322. The van der Waals surface area contributed by atoms with Crippen LogP contribution in [0.25, 0.3) is 0 Å². The van der Waals surface area contributed by atoms with Crippen LogP contribution in [0, 0.1) is 11.7 Å². The Labute approximate surface area is 100 Å². The fraction of sp³-hybridized carbons (Fsp3) is 0.462. The van der Waals surface area contributed by atoms with E-state index >= 15 is 0 Å². The SMILES string of the molecule is CC(CCCC(=O)O)COc1cccc(F)c1. The Hall–Kier alpha value is -1.58. The monoisotopic (exact) mass is 240 g/mol. The molecule has 1 rings (SSSR count). The maximum Gasteiger partial charge on any atom is 0.303 e. The number of ether oxygens (including phenoxy) is 1. The van der Waals surface area contributed by atoms with Gasteiger partial charge in [0.25, 0.3) is 0 Å². The van der Waals surface area contributed by atoms with Crippen molar-refractivity contribution in [3.05, 3.63) is 30.1 Å². The predicted octanol–water partition coefficient (Wildman–Crippen LogP) is 3.10. The van der Waals surface area contributed by atoms with Gasteiger partial charge in [-0.05, 0) is 30.9 Å². The summed E-state index contributed by atoms with van der Waals surface area (Å²) in [5.41, 5.74) is 0. The van der Waals surface area contributed by atoms with Gasteiger partial charge in [-0.15, -0.1) is 0 Å². The van der Waals surface area contributed by atoms with Crippen molar-refractivity contribution < 1.29 is 19.0 Å². The van der Waals surface area contributed by atoms with E-state index in [1.54, 1.807) is 12.1 Å². The Kier molecular flexibility index (Phi) is 5.46. The second kappa shape index (κ2) is 6.89. The molecule has 1 aromatic carbocycles. The van der Waals surface area contributed by atoms with E-state index in [-0.39, 0.29) is 18.2 Å². The van der Waals surface area contributed by atoms with Crippen molar-refractivity contribution in [2.24, 2.45) is 5.92 Å². The smallest absolute Gasteiger partial charge is 0.303 e. The third kappa shape index (κ3) is 5.90. The van der Waals surface area contributed by atoms with E-state index in [4.69, 9.17) is 9.84 Å². The first-order chi connectivity index (χ1) is 8.08. The average molecular weight is 240 g/mol. The lowest BCUT2D eigenvalue weighted by atomic mass is 10.1. The van der Waals surface area contributed by atoms with Crippen molar-refractivity contribution in [3.63, 3.8) is 0 Å². The molecule has 94 valence electrons. The topological polar surface area (TPSA) is 46.5 Å². The summed E-state index contributed by atoms with van der Waals surface area (Å²) >= 11 is 0. The van der Waals surface area contributed by atoms with Gasteiger partial charge in [-0.3, -0.25) is 4.79 Å². The predicted molar refractivity (Wildman–Crippen MR) is 62.5 cm³/mol. The molecule has 0 bridgehead atoms. The molecule has 0 saturated heterocycles. The van der Waals surface area contributed by atoms with Gasteiger partial charge < -0.3 is 9.84 Å². The van der Waals surface area contributed by atoms with Crippen LogP contribution in [0.2, 0.25) is 0 Å². The van der Waals surface area contributed by atoms with Gasteiger partial charge in [0.2, 0.25) is 0 Å². The Morgan fingerprint density at radius 2 is 2.29 bits per heavy atom. The first-order valence-corrected chi connectivity index (χ1v) is 5.68. The van der Waals surface area contributed by atoms with E-state index in [9.17, 15) is 9.18 Å². The Morgan fingerprint density at radius 3 is 2.94 bits per heavy atom. The Balaban J connectivity index is 2.23. The second-order valence-electron chi connectivity index (χ2n) is 4.16. The first kappa shape index (κ1) is 13.5. The summed E-state index contributed by atoms with van der Waals surface area (Å²) < 4.78 is 18.3. The van der Waals surface area contributed by atoms with Crippen LogP contribution >= 0.6 is 0 Å². The molecule has 0 saturated carbocycles. The molecule has 1 aromatic rings. The van der Waals surface area contributed by atoms with Crippen molar-refractivity contribution in [2.45, 2.75) is 26.2 Å². The molecule has 0 spiro atoms. The van der Waals surface area contributed by atoms with E-state index in [1.807, 2.05) is 6.92 Å². The highest BCUT2D eigenvalue weighted by molar-refractivity contribution is 5.66. The van der Waals surface area contributed by atoms with Gasteiger partial charge in [0.15, 0.2) is 0 Å². The number of carbonyl (C=O) groups is 1. The van der Waals surface area contributed by atoms with Gasteiger partial charge in [-0.25, -0.2) is 4.39 Å². The Bertz CT molecular complexity index is 365. The number of hydrogen-bond acceptors (Lipinski definition) is 2. The lowest BCUT2D eigenvalue weighted by Crippen LogP contribution is -2.09. The minimum atomic E-state index is -0.775. The van der Waals surface area contributed by atoms with E-state index < -0.39 is 5.97 Å². The van der Waals surface area contributed by atoms with Gasteiger partial charge in [0, 0.05) is 12.5 Å². The van der Waals surface area contributed by atoms with Crippen LogP contribution in [-0.2, 0) is 4.79 Å². The second-order valence-corrected chi connectivity index (χ2v) is 4.16. The van der Waals surface area contributed by atoms with Crippen molar-refractivity contribution in [1.82, 2.24) is 0 Å². The largest absolute Gasteiger partial charge is 0.493 e. The zero-order valence-electron chi connectivity index (χ0n) is 9.86. The van der Waals surface area contributed by atoms with Crippen molar-refractivity contribution >= 4 is 5.97 Å². The number of aliphatic carboxylic acids is 1. The minimum Gasteiger partial charge on any atom is -0.493 e. The van der Waals surface area contributed by atoms with Gasteiger partial charge in [-0.2, -0.15) is 0 Å². The van der Waals surface area contributed by atoms with Crippen LogP contribution < -0.4 is 4.74 Å². The van der Waals surface area contributed by atoms with E-state index in [0.29, 0.717) is 18.8 Å². The fourth-order valence-corrected chi connectivity index (χ4v) is 1.48. The molecule has 0 fully saturated rings. The molecule has 0 amide bonds. The van der Waals surface area contributed by atoms with Crippen molar-refractivity contribution in [2.75, 3.05) is 6.61 Å². The lowest BCUT2D eigenvalue weighted by Gasteiger charge is -2.12. The maximum absolute atomic E-state index is 12.8. The molecule has 0 aromatic heterocycles. The summed E-state index contributed by atoms with van der Waals surface area (Å²) in [7, 11) is 0. The standard InChI is InChI=1S/C13H17FO3/c1-10(4-2-7-13(15)16)9-17-12-6-3-5-11(14)8-12/h3,5-6,8,10H,2,4,7,9H2,1H3,(H,15,16). The maximum atomic E-state index is 12.8. The summed E-state index contributed by atoms with van der Waals surface area (Å²) in [6, 6.07) is 6.00. The molecule has 17 heavy (non-hydrogen) atoms. The van der Waals surface area contributed by atoms with E-state index in [2.05, 4.69) is 0 Å². The minimum absolute atomic E-state index is 0.185. The van der Waals surface area contributed by atoms with Gasteiger partial charge >= 0.3 is 5.97 Å². The highest BCUT2D eigenvalue weighted by Crippen LogP contribution is 2.15. The normalized spacial score (nSPS) is 12.1. The number of carboxylic acids is 1. The third-order valence-electron chi connectivity index (χ3n) is 2.42. The van der Waals surface area contributed by atoms with Crippen LogP contribution in [-0.4, -0.2) is 17.7 Å². The number of hydrogen-bond donors (Lipinski definition) is 1. The van der Waals surface area contributed by atoms with Gasteiger partial charge in [-0.1, -0.05) is 13.0 Å². The van der Waals surface area contributed by atoms with Gasteiger partial charge in [0.05, 0.1) is 6.61 Å². The molecular formula is C13H17FO3. The number of halogens is 1. The third-order valence-corrected chi connectivity index (χ3v) is 2.42. The number of carboxylic acid groups (broad SMARTS) is 1. The molecule has 0 heterocycles. The summed E-state index contributed by atoms with van der Waals surface area (Å²) in [4.78, 5) is 10.3. The summed E-state index contributed by atoms with van der Waals surface area (Å²) in [5, 5.41) is 8.49. The van der Waals surface area contributed by atoms with Crippen LogP contribution in [0.15, 0.2) is 24.3 Å². The molecule has 0 aliphatic carbocycles. The zero-order valence-corrected chi connectivity index (χ0v) is 9.86. The molecule has 4 heteroatoms. The quantitative estimate of drug-likeness (QED) is 0.796.